The number of halogens is 1. The predicted octanol–water partition coefficient (Wildman–Crippen LogP) is 2.00. The zero-order chi connectivity index (χ0) is 12.3. The van der Waals surface area contributed by atoms with Crippen molar-refractivity contribution in [2.75, 3.05) is 6.54 Å². The van der Waals surface area contributed by atoms with E-state index in [1.165, 1.54) is 12.1 Å². The van der Waals surface area contributed by atoms with Gasteiger partial charge in [-0.3, -0.25) is 5.32 Å². The fourth-order valence-corrected chi connectivity index (χ4v) is 2.13. The second-order valence-corrected chi connectivity index (χ2v) is 4.22. The van der Waals surface area contributed by atoms with Crippen molar-refractivity contribution in [3.63, 3.8) is 0 Å². The van der Waals surface area contributed by atoms with Crippen molar-refractivity contribution in [1.82, 2.24) is 5.32 Å². The Bertz CT molecular complexity index is 410. The molecule has 1 aliphatic rings. The van der Waals surface area contributed by atoms with Crippen molar-refractivity contribution in [2.45, 2.75) is 19.1 Å². The van der Waals surface area contributed by atoms with Gasteiger partial charge in [-0.25, -0.2) is 9.18 Å². The highest BCUT2D eigenvalue weighted by molar-refractivity contribution is 5.57. The van der Waals surface area contributed by atoms with E-state index < -0.39 is 12.4 Å². The van der Waals surface area contributed by atoms with Gasteiger partial charge in [-0.15, -0.1) is 0 Å². The monoisotopic (exact) mass is 239 g/mol. The van der Waals surface area contributed by atoms with Crippen molar-refractivity contribution in [2.24, 2.45) is 5.92 Å². The molecule has 2 rings (SSSR count). The first-order chi connectivity index (χ1) is 8.13. The number of hydrogen-bond acceptors (Lipinski definition) is 3. The maximum atomic E-state index is 13.0. The molecule has 17 heavy (non-hydrogen) atoms. The van der Waals surface area contributed by atoms with Gasteiger partial charge in [-0.2, -0.15) is 0 Å². The minimum atomic E-state index is -1.27. The molecule has 0 amide bonds. The lowest BCUT2D eigenvalue weighted by Gasteiger charge is -2.09. The van der Waals surface area contributed by atoms with Gasteiger partial charge in [0.1, 0.15) is 5.82 Å². The summed E-state index contributed by atoms with van der Waals surface area (Å²) in [6, 6.07) is 6.46. The van der Waals surface area contributed by atoms with Crippen molar-refractivity contribution in [3.8, 4) is 0 Å². The average Bonchev–Trinajstić information content (AvgIpc) is 2.64. The Morgan fingerprint density at radius 1 is 1.59 bits per heavy atom. The molecule has 92 valence electrons. The van der Waals surface area contributed by atoms with Gasteiger partial charge in [-0.05, 0) is 30.0 Å². The predicted molar refractivity (Wildman–Crippen MR) is 59.1 cm³/mol. The van der Waals surface area contributed by atoms with Crippen LogP contribution >= 0.6 is 0 Å². The summed E-state index contributed by atoms with van der Waals surface area (Å²) in [7, 11) is 0. The topological polar surface area (TPSA) is 58.6 Å². The van der Waals surface area contributed by atoms with Crippen LogP contribution in [0.25, 0.3) is 0 Å². The first kappa shape index (κ1) is 11.9. The van der Waals surface area contributed by atoms with Crippen LogP contribution < -0.4 is 5.32 Å². The first-order valence-corrected chi connectivity index (χ1v) is 5.51. The molecule has 1 aromatic carbocycles. The van der Waals surface area contributed by atoms with Crippen LogP contribution in [0.1, 0.15) is 12.0 Å². The van der Waals surface area contributed by atoms with Crippen molar-refractivity contribution in [1.29, 1.82) is 0 Å². The van der Waals surface area contributed by atoms with E-state index in [-0.39, 0.29) is 11.7 Å². The van der Waals surface area contributed by atoms with E-state index in [2.05, 4.69) is 10.1 Å². The van der Waals surface area contributed by atoms with Crippen LogP contribution in [0.3, 0.4) is 0 Å². The first-order valence-electron chi connectivity index (χ1n) is 5.51. The lowest BCUT2D eigenvalue weighted by molar-refractivity contribution is 0.0443. The minimum absolute atomic E-state index is 0.244. The van der Waals surface area contributed by atoms with Gasteiger partial charge in [0.05, 0.1) is 0 Å². The molecule has 5 heteroatoms. The molecule has 0 bridgehead atoms. The summed E-state index contributed by atoms with van der Waals surface area (Å²) in [6.45, 7) is 0.689. The van der Waals surface area contributed by atoms with Gasteiger partial charge < -0.3 is 9.84 Å². The lowest BCUT2D eigenvalue weighted by atomic mass is 9.98. The molecule has 1 heterocycles. The number of carbonyl (C=O) groups is 1. The maximum absolute atomic E-state index is 13.0. The molecule has 0 unspecified atom stereocenters. The summed E-state index contributed by atoms with van der Waals surface area (Å²) in [5.74, 6) is 0.0351. The Morgan fingerprint density at radius 3 is 3.12 bits per heavy atom. The Labute approximate surface area is 98.4 Å². The van der Waals surface area contributed by atoms with Crippen LogP contribution in [-0.4, -0.2) is 24.0 Å². The normalized spacial score (nSPS) is 23.6. The standard InChI is InChI=1S/C12H14FNO3/c13-10-3-1-2-8(5-10)4-9-6-11(14-7-9)17-12(15)16/h1-3,5,9,11,14H,4,6-7H2,(H,15,16)/t9-,11-/m0/s1. The molecule has 1 aromatic rings. The van der Waals surface area contributed by atoms with E-state index in [1.54, 1.807) is 6.07 Å². The second kappa shape index (κ2) is 5.14. The minimum Gasteiger partial charge on any atom is -0.450 e. The third-order valence-corrected chi connectivity index (χ3v) is 2.84. The van der Waals surface area contributed by atoms with Gasteiger partial charge >= 0.3 is 6.16 Å². The van der Waals surface area contributed by atoms with E-state index in [0.29, 0.717) is 13.0 Å². The van der Waals surface area contributed by atoms with Crippen LogP contribution in [0.4, 0.5) is 9.18 Å². The molecule has 2 N–H and O–H groups in total. The summed E-state index contributed by atoms with van der Waals surface area (Å²) >= 11 is 0. The summed E-state index contributed by atoms with van der Waals surface area (Å²) in [4.78, 5) is 10.4. The number of hydrogen-bond donors (Lipinski definition) is 2. The molecule has 0 spiro atoms. The van der Waals surface area contributed by atoms with E-state index >= 15 is 0 Å². The van der Waals surface area contributed by atoms with Crippen molar-refractivity contribution in [3.05, 3.63) is 35.6 Å². The quantitative estimate of drug-likeness (QED) is 0.792. The van der Waals surface area contributed by atoms with Crippen LogP contribution in [0, 0.1) is 11.7 Å². The van der Waals surface area contributed by atoms with Crippen LogP contribution in [0.5, 0.6) is 0 Å². The van der Waals surface area contributed by atoms with E-state index in [0.717, 1.165) is 12.0 Å². The molecule has 1 aliphatic heterocycles. The molecule has 0 aliphatic carbocycles. The zero-order valence-corrected chi connectivity index (χ0v) is 9.23. The Hall–Kier alpha value is -1.62. The fraction of sp³-hybridized carbons (Fsp3) is 0.417. The largest absolute Gasteiger partial charge is 0.507 e. The number of ether oxygens (including phenoxy) is 1. The van der Waals surface area contributed by atoms with Gasteiger partial charge in [0, 0.05) is 13.0 Å². The molecule has 1 saturated heterocycles. The SMILES string of the molecule is O=C(O)O[C@H]1C[C@H](Cc2cccc(F)c2)CN1. The number of benzene rings is 1. The highest BCUT2D eigenvalue weighted by Gasteiger charge is 2.26. The Balaban J connectivity index is 1.87. The molecule has 1 fully saturated rings. The third kappa shape index (κ3) is 3.42. The molecule has 0 saturated carbocycles. The lowest BCUT2D eigenvalue weighted by Crippen LogP contribution is -2.26. The molecular formula is C12H14FNO3. The Morgan fingerprint density at radius 2 is 2.41 bits per heavy atom. The third-order valence-electron chi connectivity index (χ3n) is 2.84. The van der Waals surface area contributed by atoms with Gasteiger partial charge in [0.15, 0.2) is 6.23 Å². The van der Waals surface area contributed by atoms with Crippen LogP contribution in [-0.2, 0) is 11.2 Å². The molecule has 0 radical (unpaired) electrons. The number of rotatable bonds is 3. The van der Waals surface area contributed by atoms with Crippen molar-refractivity contribution >= 4 is 6.16 Å². The highest BCUT2D eigenvalue weighted by atomic mass is 19.1. The zero-order valence-electron chi connectivity index (χ0n) is 9.23. The highest BCUT2D eigenvalue weighted by Crippen LogP contribution is 2.20. The number of nitrogens with one attached hydrogen (secondary N) is 1. The summed E-state index contributed by atoms with van der Waals surface area (Å²) in [5, 5.41) is 11.5. The van der Waals surface area contributed by atoms with Crippen LogP contribution in [0.2, 0.25) is 0 Å². The van der Waals surface area contributed by atoms with E-state index in [1.807, 2.05) is 6.07 Å². The van der Waals surface area contributed by atoms with E-state index in [9.17, 15) is 9.18 Å². The number of carboxylic acid groups (broad SMARTS) is 1. The second-order valence-electron chi connectivity index (χ2n) is 4.22. The summed E-state index contributed by atoms with van der Waals surface area (Å²) < 4.78 is 17.6. The molecule has 2 atom stereocenters. The van der Waals surface area contributed by atoms with Gasteiger partial charge in [-0.1, -0.05) is 12.1 Å². The molecule has 4 nitrogen and oxygen atoms in total. The molecular weight excluding hydrogens is 225 g/mol. The summed E-state index contributed by atoms with van der Waals surface area (Å²) in [6.07, 6.45) is -0.354. The van der Waals surface area contributed by atoms with E-state index in [4.69, 9.17) is 5.11 Å². The average molecular weight is 239 g/mol. The summed E-state index contributed by atoms with van der Waals surface area (Å²) in [5.41, 5.74) is 0.924. The van der Waals surface area contributed by atoms with Gasteiger partial charge in [0.25, 0.3) is 0 Å². The van der Waals surface area contributed by atoms with Crippen molar-refractivity contribution < 1.29 is 19.0 Å². The smallest absolute Gasteiger partial charge is 0.450 e. The fourth-order valence-electron chi connectivity index (χ4n) is 2.13. The van der Waals surface area contributed by atoms with Crippen LogP contribution in [0.15, 0.2) is 24.3 Å². The Kier molecular flexibility index (Phi) is 3.58. The maximum Gasteiger partial charge on any atom is 0.507 e. The van der Waals surface area contributed by atoms with Gasteiger partial charge in [0.2, 0.25) is 0 Å². The molecule has 0 aromatic heterocycles.